The van der Waals surface area contributed by atoms with Crippen LogP contribution in [0, 0.1) is 0 Å². The highest BCUT2D eigenvalue weighted by Gasteiger charge is 2.10. The molecule has 4 nitrogen and oxygen atoms in total. The van der Waals surface area contributed by atoms with E-state index in [0.717, 1.165) is 17.4 Å². The molecule has 1 atom stereocenters. The molecule has 106 valence electrons. The van der Waals surface area contributed by atoms with E-state index in [1.165, 1.54) is 5.56 Å². The van der Waals surface area contributed by atoms with Gasteiger partial charge in [-0.1, -0.05) is 34.1 Å². The number of hydrogen-bond donors (Lipinski definition) is 2. The molecule has 19 heavy (non-hydrogen) atoms. The minimum absolute atomic E-state index is 0.0131. The number of carboxylic acid groups (broad SMARTS) is 1. The van der Waals surface area contributed by atoms with Crippen LogP contribution in [0.3, 0.4) is 0 Å². The summed E-state index contributed by atoms with van der Waals surface area (Å²) in [5.41, 5.74) is 1.23. The van der Waals surface area contributed by atoms with E-state index in [0.29, 0.717) is 13.0 Å². The summed E-state index contributed by atoms with van der Waals surface area (Å²) in [6, 6.07) is 8.06. The fraction of sp³-hybridized carbons (Fsp3) is 0.500. The lowest BCUT2D eigenvalue weighted by atomic mass is 10.1. The van der Waals surface area contributed by atoms with Crippen LogP contribution < -0.4 is 0 Å². The molecule has 1 aromatic rings. The summed E-state index contributed by atoms with van der Waals surface area (Å²) < 4.78 is 1.09. The Balaban J connectivity index is 2.29. The molecule has 0 heterocycles. The van der Waals surface area contributed by atoms with E-state index in [1.807, 2.05) is 30.1 Å². The number of benzene rings is 1. The smallest absolute Gasteiger partial charge is 0.303 e. The van der Waals surface area contributed by atoms with Gasteiger partial charge in [0.25, 0.3) is 0 Å². The molecule has 0 saturated carbocycles. The number of aliphatic hydroxyl groups excluding tert-OH is 1. The minimum atomic E-state index is -0.866. The van der Waals surface area contributed by atoms with Gasteiger partial charge in [-0.15, -0.1) is 0 Å². The van der Waals surface area contributed by atoms with Crippen LogP contribution in [0.2, 0.25) is 0 Å². The second-order valence-corrected chi connectivity index (χ2v) is 5.54. The third-order valence-electron chi connectivity index (χ3n) is 2.93. The molecule has 5 heteroatoms. The largest absolute Gasteiger partial charge is 0.481 e. The van der Waals surface area contributed by atoms with E-state index >= 15 is 0 Å². The second-order valence-electron chi connectivity index (χ2n) is 4.69. The normalized spacial score (nSPS) is 12.6. The lowest BCUT2D eigenvalue weighted by Gasteiger charge is -2.20. The van der Waals surface area contributed by atoms with E-state index in [4.69, 9.17) is 5.11 Å². The van der Waals surface area contributed by atoms with Gasteiger partial charge in [0.2, 0.25) is 0 Å². The maximum atomic E-state index is 10.4. The van der Waals surface area contributed by atoms with Crippen LogP contribution in [0.25, 0.3) is 0 Å². The topological polar surface area (TPSA) is 60.8 Å². The maximum Gasteiger partial charge on any atom is 0.303 e. The van der Waals surface area contributed by atoms with E-state index in [-0.39, 0.29) is 6.42 Å². The van der Waals surface area contributed by atoms with Crippen LogP contribution >= 0.6 is 15.9 Å². The molecular weight excluding hydrogens is 310 g/mol. The fourth-order valence-corrected chi connectivity index (χ4v) is 2.33. The number of aliphatic hydroxyl groups is 1. The number of likely N-dealkylation sites (N-methyl/N-ethyl adjacent to an activating group) is 1. The molecule has 0 amide bonds. The summed E-state index contributed by atoms with van der Waals surface area (Å²) in [4.78, 5) is 12.4. The van der Waals surface area contributed by atoms with Crippen molar-refractivity contribution in [3.05, 3.63) is 34.3 Å². The van der Waals surface area contributed by atoms with E-state index in [2.05, 4.69) is 22.0 Å². The number of hydrogen-bond acceptors (Lipinski definition) is 3. The molecular formula is C14H20BrNO3. The Kier molecular flexibility index (Phi) is 7.05. The third kappa shape index (κ3) is 6.71. The number of aliphatic carboxylic acids is 1. The highest BCUT2D eigenvalue weighted by Crippen LogP contribution is 2.16. The molecule has 1 rings (SSSR count). The number of halogens is 1. The first-order chi connectivity index (χ1) is 8.99. The maximum absolute atomic E-state index is 10.4. The van der Waals surface area contributed by atoms with Crippen molar-refractivity contribution >= 4 is 21.9 Å². The monoisotopic (exact) mass is 329 g/mol. The molecule has 0 fully saturated rings. The number of carboxylic acids is 1. The van der Waals surface area contributed by atoms with Crippen molar-refractivity contribution in [1.82, 2.24) is 4.90 Å². The van der Waals surface area contributed by atoms with Gasteiger partial charge in [-0.3, -0.25) is 4.79 Å². The zero-order valence-corrected chi connectivity index (χ0v) is 12.6. The Labute approximate surface area is 122 Å². The molecule has 0 bridgehead atoms. The molecule has 0 radical (unpaired) electrons. The highest BCUT2D eigenvalue weighted by atomic mass is 79.9. The summed E-state index contributed by atoms with van der Waals surface area (Å²) in [6.07, 6.45) is 0.623. The van der Waals surface area contributed by atoms with Crippen LogP contribution in [0.4, 0.5) is 0 Å². The fourth-order valence-electron chi connectivity index (χ4n) is 1.84. The first kappa shape index (κ1) is 16.1. The Bertz CT molecular complexity index is 411. The molecule has 0 aliphatic rings. The summed E-state index contributed by atoms with van der Waals surface area (Å²) in [5, 5.41) is 18.3. The predicted molar refractivity (Wildman–Crippen MR) is 78.2 cm³/mol. The van der Waals surface area contributed by atoms with Gasteiger partial charge in [-0.2, -0.15) is 0 Å². The molecule has 0 spiro atoms. The Morgan fingerprint density at radius 3 is 2.74 bits per heavy atom. The van der Waals surface area contributed by atoms with Gasteiger partial charge < -0.3 is 15.1 Å². The van der Waals surface area contributed by atoms with Crippen molar-refractivity contribution in [3.63, 3.8) is 0 Å². The summed E-state index contributed by atoms with van der Waals surface area (Å²) in [5.74, 6) is -0.866. The molecule has 0 aromatic heterocycles. The zero-order chi connectivity index (χ0) is 14.3. The molecule has 0 aliphatic heterocycles. The van der Waals surface area contributed by atoms with Crippen molar-refractivity contribution in [2.75, 3.05) is 20.1 Å². The lowest BCUT2D eigenvalue weighted by molar-refractivity contribution is -0.137. The van der Waals surface area contributed by atoms with E-state index in [1.54, 1.807) is 0 Å². The van der Waals surface area contributed by atoms with Crippen LogP contribution in [0.1, 0.15) is 18.4 Å². The standard InChI is InChI=1S/C14H20BrNO3/c1-16(10-12(17)6-7-14(18)19)9-8-11-4-2-3-5-13(11)15/h2-5,12,17H,6-10H2,1H3,(H,18,19). The second kappa shape index (κ2) is 8.30. The van der Waals surface area contributed by atoms with Gasteiger partial charge in [-0.25, -0.2) is 0 Å². The number of rotatable bonds is 8. The summed E-state index contributed by atoms with van der Waals surface area (Å²) in [6.45, 7) is 1.32. The van der Waals surface area contributed by atoms with Gasteiger partial charge in [0.15, 0.2) is 0 Å². The van der Waals surface area contributed by atoms with Crippen molar-refractivity contribution in [2.24, 2.45) is 0 Å². The summed E-state index contributed by atoms with van der Waals surface area (Å²) in [7, 11) is 1.93. The van der Waals surface area contributed by atoms with Crippen LogP contribution in [-0.2, 0) is 11.2 Å². The Hall–Kier alpha value is -0.910. The molecule has 0 saturated heterocycles. The molecule has 0 aliphatic carbocycles. The van der Waals surface area contributed by atoms with Crippen molar-refractivity contribution in [2.45, 2.75) is 25.4 Å². The van der Waals surface area contributed by atoms with Gasteiger partial charge in [0.1, 0.15) is 0 Å². The highest BCUT2D eigenvalue weighted by molar-refractivity contribution is 9.10. The third-order valence-corrected chi connectivity index (χ3v) is 3.71. The van der Waals surface area contributed by atoms with Crippen LogP contribution in [0.15, 0.2) is 28.7 Å². The van der Waals surface area contributed by atoms with Gasteiger partial charge in [0, 0.05) is 24.0 Å². The zero-order valence-electron chi connectivity index (χ0n) is 11.1. The lowest BCUT2D eigenvalue weighted by Crippen LogP contribution is -2.31. The van der Waals surface area contributed by atoms with Crippen LogP contribution in [-0.4, -0.2) is 47.3 Å². The average molecular weight is 330 g/mol. The SMILES string of the molecule is CN(CCc1ccccc1Br)CC(O)CCC(=O)O. The minimum Gasteiger partial charge on any atom is -0.481 e. The number of carbonyl (C=O) groups is 1. The van der Waals surface area contributed by atoms with Crippen LogP contribution in [0.5, 0.6) is 0 Å². The molecule has 2 N–H and O–H groups in total. The van der Waals surface area contributed by atoms with Crippen molar-refractivity contribution in [1.29, 1.82) is 0 Å². The van der Waals surface area contributed by atoms with E-state index < -0.39 is 12.1 Å². The van der Waals surface area contributed by atoms with Gasteiger partial charge in [-0.05, 0) is 31.5 Å². The Morgan fingerprint density at radius 1 is 1.42 bits per heavy atom. The molecule has 1 aromatic carbocycles. The molecule has 1 unspecified atom stereocenters. The number of nitrogens with zero attached hydrogens (tertiary/aromatic N) is 1. The quantitative estimate of drug-likeness (QED) is 0.767. The first-order valence-corrected chi connectivity index (χ1v) is 7.10. The summed E-state index contributed by atoms with van der Waals surface area (Å²) >= 11 is 3.50. The van der Waals surface area contributed by atoms with Crippen molar-refractivity contribution in [3.8, 4) is 0 Å². The Morgan fingerprint density at radius 2 is 2.11 bits per heavy atom. The van der Waals surface area contributed by atoms with E-state index in [9.17, 15) is 9.90 Å². The first-order valence-electron chi connectivity index (χ1n) is 6.31. The average Bonchev–Trinajstić information content (AvgIpc) is 2.35. The van der Waals surface area contributed by atoms with Gasteiger partial charge >= 0.3 is 5.97 Å². The predicted octanol–water partition coefficient (Wildman–Crippen LogP) is 2.15. The van der Waals surface area contributed by atoms with Gasteiger partial charge in [0.05, 0.1) is 6.10 Å². The van der Waals surface area contributed by atoms with Crippen molar-refractivity contribution < 1.29 is 15.0 Å².